The monoisotopic (exact) mass is 342 g/mol. The molecule has 0 aliphatic heterocycles. The van der Waals surface area contributed by atoms with Gasteiger partial charge in [0, 0.05) is 10.2 Å². The third-order valence-corrected chi connectivity index (χ3v) is 3.44. The van der Waals surface area contributed by atoms with E-state index in [-0.39, 0.29) is 17.4 Å². The molecule has 3 N–H and O–H groups in total. The van der Waals surface area contributed by atoms with Gasteiger partial charge in [0.1, 0.15) is 11.5 Å². The van der Waals surface area contributed by atoms with E-state index in [0.717, 1.165) is 15.2 Å². The number of nitrogen functional groups attached to an aromatic ring is 1. The number of amides is 1. The zero-order valence-corrected chi connectivity index (χ0v) is 12.5. The minimum absolute atomic E-state index is 0.186. The Labute approximate surface area is 129 Å². The van der Waals surface area contributed by atoms with Crippen molar-refractivity contribution in [1.82, 2.24) is 9.97 Å². The fourth-order valence-electron chi connectivity index (χ4n) is 1.98. The van der Waals surface area contributed by atoms with E-state index < -0.39 is 0 Å². The summed E-state index contributed by atoms with van der Waals surface area (Å²) in [5.74, 6) is -0.128. The smallest absolute Gasteiger partial charge is 0.275 e. The lowest BCUT2D eigenvalue weighted by molar-refractivity contribution is 0.102. The summed E-state index contributed by atoms with van der Waals surface area (Å²) in [5.41, 5.74) is 6.40. The summed E-state index contributed by atoms with van der Waals surface area (Å²) in [6.45, 7) is 0. The Morgan fingerprint density at radius 3 is 2.67 bits per heavy atom. The van der Waals surface area contributed by atoms with Crippen molar-refractivity contribution in [3.8, 4) is 0 Å². The van der Waals surface area contributed by atoms with Gasteiger partial charge in [-0.15, -0.1) is 0 Å². The molecule has 0 saturated heterocycles. The molecule has 0 aliphatic carbocycles. The molecule has 1 aromatic heterocycles. The molecule has 0 bridgehead atoms. The molecule has 3 aromatic rings. The number of carbonyl (C=O) groups excluding carboxylic acids is 1. The first-order valence-electron chi connectivity index (χ1n) is 6.20. The second-order valence-electron chi connectivity index (χ2n) is 4.49. The number of hydrogen-bond acceptors (Lipinski definition) is 4. The van der Waals surface area contributed by atoms with Gasteiger partial charge in [0.2, 0.25) is 0 Å². The number of nitrogens with zero attached hydrogens (tertiary/aromatic N) is 2. The normalized spacial score (nSPS) is 10.5. The van der Waals surface area contributed by atoms with Crippen molar-refractivity contribution in [3.63, 3.8) is 0 Å². The maximum absolute atomic E-state index is 12.1. The van der Waals surface area contributed by atoms with Gasteiger partial charge in [-0.3, -0.25) is 9.78 Å². The zero-order chi connectivity index (χ0) is 14.8. The van der Waals surface area contributed by atoms with Gasteiger partial charge in [-0.25, -0.2) is 4.98 Å². The molecule has 0 fully saturated rings. The Balaban J connectivity index is 1.87. The fourth-order valence-corrected chi connectivity index (χ4v) is 2.36. The Morgan fingerprint density at radius 1 is 1.10 bits per heavy atom. The molecular weight excluding hydrogens is 332 g/mol. The van der Waals surface area contributed by atoms with E-state index in [1.54, 1.807) is 0 Å². The summed E-state index contributed by atoms with van der Waals surface area (Å²) < 4.78 is 1.02. The van der Waals surface area contributed by atoms with Gasteiger partial charge >= 0.3 is 0 Å². The standard InChI is InChI=1S/C15H11BrN4O/c16-11-3-1-10-6-12(4-2-9(10)5-11)19-15(21)13-7-18-8-14(17)20-13/h1-8H,(H2,17,20)(H,19,21). The highest BCUT2D eigenvalue weighted by atomic mass is 79.9. The van der Waals surface area contributed by atoms with Crippen LogP contribution < -0.4 is 11.1 Å². The van der Waals surface area contributed by atoms with E-state index in [1.165, 1.54) is 12.4 Å². The molecule has 1 heterocycles. The van der Waals surface area contributed by atoms with Crippen LogP contribution in [0.15, 0.2) is 53.3 Å². The zero-order valence-electron chi connectivity index (χ0n) is 10.9. The topological polar surface area (TPSA) is 80.9 Å². The quantitative estimate of drug-likeness (QED) is 0.749. The molecule has 0 unspecified atom stereocenters. The number of nitrogens with one attached hydrogen (secondary N) is 1. The van der Waals surface area contributed by atoms with Gasteiger partial charge in [0.25, 0.3) is 5.91 Å². The number of benzene rings is 2. The van der Waals surface area contributed by atoms with Crippen molar-refractivity contribution in [3.05, 3.63) is 59.0 Å². The Kier molecular flexibility index (Phi) is 3.53. The second-order valence-corrected chi connectivity index (χ2v) is 5.41. The van der Waals surface area contributed by atoms with Gasteiger partial charge in [-0.05, 0) is 35.0 Å². The number of anilines is 2. The highest BCUT2D eigenvalue weighted by Gasteiger charge is 2.09. The van der Waals surface area contributed by atoms with E-state index >= 15 is 0 Å². The molecule has 1 amide bonds. The van der Waals surface area contributed by atoms with Gasteiger partial charge in [0.15, 0.2) is 0 Å². The van der Waals surface area contributed by atoms with Crippen LogP contribution in [-0.4, -0.2) is 15.9 Å². The fraction of sp³-hybridized carbons (Fsp3) is 0. The van der Waals surface area contributed by atoms with Crippen molar-refractivity contribution < 1.29 is 4.79 Å². The van der Waals surface area contributed by atoms with Crippen LogP contribution in [0.1, 0.15) is 10.5 Å². The maximum atomic E-state index is 12.1. The van der Waals surface area contributed by atoms with Crippen LogP contribution in [0.5, 0.6) is 0 Å². The van der Waals surface area contributed by atoms with Crippen molar-refractivity contribution >= 4 is 44.1 Å². The van der Waals surface area contributed by atoms with E-state index in [0.29, 0.717) is 5.69 Å². The lowest BCUT2D eigenvalue weighted by Gasteiger charge is -2.06. The predicted molar refractivity (Wildman–Crippen MR) is 86.0 cm³/mol. The number of hydrogen-bond donors (Lipinski definition) is 2. The van der Waals surface area contributed by atoms with Crippen molar-refractivity contribution in [2.75, 3.05) is 11.1 Å². The van der Waals surface area contributed by atoms with Crippen molar-refractivity contribution in [1.29, 1.82) is 0 Å². The number of carbonyl (C=O) groups is 1. The number of rotatable bonds is 2. The molecule has 0 spiro atoms. The summed E-state index contributed by atoms with van der Waals surface area (Å²) in [6.07, 6.45) is 2.77. The molecule has 2 aromatic carbocycles. The first-order chi connectivity index (χ1) is 10.1. The number of halogens is 1. The molecule has 5 nitrogen and oxygen atoms in total. The molecule has 0 aliphatic rings. The Hall–Kier alpha value is -2.47. The van der Waals surface area contributed by atoms with Crippen LogP contribution in [-0.2, 0) is 0 Å². The first kappa shape index (κ1) is 13.5. The van der Waals surface area contributed by atoms with E-state index in [9.17, 15) is 4.79 Å². The van der Waals surface area contributed by atoms with Crippen LogP contribution in [0.2, 0.25) is 0 Å². The van der Waals surface area contributed by atoms with Gasteiger partial charge in [-0.1, -0.05) is 28.1 Å². The lowest BCUT2D eigenvalue weighted by atomic mass is 10.1. The average molecular weight is 343 g/mol. The molecule has 0 atom stereocenters. The summed E-state index contributed by atoms with van der Waals surface area (Å²) in [5, 5.41) is 4.91. The minimum atomic E-state index is -0.341. The maximum Gasteiger partial charge on any atom is 0.275 e. The largest absolute Gasteiger partial charge is 0.382 e. The molecule has 3 rings (SSSR count). The highest BCUT2D eigenvalue weighted by Crippen LogP contribution is 2.23. The van der Waals surface area contributed by atoms with Crippen molar-refractivity contribution in [2.24, 2.45) is 0 Å². The van der Waals surface area contributed by atoms with Gasteiger partial charge in [0.05, 0.1) is 12.4 Å². The SMILES string of the molecule is Nc1cncc(C(=O)Nc2ccc3cc(Br)ccc3c2)n1. The molecule has 0 radical (unpaired) electrons. The van der Waals surface area contributed by atoms with E-state index in [4.69, 9.17) is 5.73 Å². The Bertz CT molecular complexity index is 835. The van der Waals surface area contributed by atoms with Crippen LogP contribution in [0.25, 0.3) is 10.8 Å². The first-order valence-corrected chi connectivity index (χ1v) is 6.99. The van der Waals surface area contributed by atoms with Crippen LogP contribution in [0, 0.1) is 0 Å². The molecule has 21 heavy (non-hydrogen) atoms. The average Bonchev–Trinajstić information content (AvgIpc) is 2.47. The number of aromatic nitrogens is 2. The molecular formula is C15H11BrN4O. The van der Waals surface area contributed by atoms with E-state index in [1.807, 2.05) is 36.4 Å². The van der Waals surface area contributed by atoms with Gasteiger partial charge in [-0.2, -0.15) is 0 Å². The highest BCUT2D eigenvalue weighted by molar-refractivity contribution is 9.10. The summed E-state index contributed by atoms with van der Waals surface area (Å²) >= 11 is 3.43. The molecule has 0 saturated carbocycles. The Morgan fingerprint density at radius 2 is 1.86 bits per heavy atom. The predicted octanol–water partition coefficient (Wildman–Crippen LogP) is 3.23. The van der Waals surface area contributed by atoms with Crippen LogP contribution in [0.4, 0.5) is 11.5 Å². The summed E-state index contributed by atoms with van der Waals surface area (Å²) in [4.78, 5) is 19.9. The number of nitrogens with two attached hydrogens (primary N) is 1. The molecule has 6 heteroatoms. The van der Waals surface area contributed by atoms with Gasteiger partial charge < -0.3 is 11.1 Å². The number of fused-ring (bicyclic) bond motifs is 1. The molecule has 104 valence electrons. The second kappa shape index (κ2) is 5.49. The van der Waals surface area contributed by atoms with Crippen LogP contribution >= 0.6 is 15.9 Å². The third kappa shape index (κ3) is 3.00. The van der Waals surface area contributed by atoms with Crippen molar-refractivity contribution in [2.45, 2.75) is 0 Å². The minimum Gasteiger partial charge on any atom is -0.382 e. The third-order valence-electron chi connectivity index (χ3n) is 2.95. The summed E-state index contributed by atoms with van der Waals surface area (Å²) in [7, 11) is 0. The summed E-state index contributed by atoms with van der Waals surface area (Å²) in [6, 6.07) is 11.6. The van der Waals surface area contributed by atoms with Crippen LogP contribution in [0.3, 0.4) is 0 Å². The van der Waals surface area contributed by atoms with E-state index in [2.05, 4.69) is 31.2 Å². The lowest BCUT2D eigenvalue weighted by Crippen LogP contribution is -2.14.